The van der Waals surface area contributed by atoms with Crippen LogP contribution < -0.4 is 0 Å². The second-order valence-corrected chi connectivity index (χ2v) is 7.76. The highest BCUT2D eigenvalue weighted by molar-refractivity contribution is 6.00. The van der Waals surface area contributed by atoms with Crippen molar-refractivity contribution in [3.8, 4) is 33.6 Å². The lowest BCUT2D eigenvalue weighted by Gasteiger charge is -2.13. The third kappa shape index (κ3) is 3.21. The minimum absolute atomic E-state index is 0.887. The van der Waals surface area contributed by atoms with Gasteiger partial charge in [0.05, 0.1) is 22.4 Å². The van der Waals surface area contributed by atoms with Crippen LogP contribution >= 0.6 is 0 Å². The van der Waals surface area contributed by atoms with Crippen molar-refractivity contribution in [2.75, 3.05) is 0 Å². The van der Waals surface area contributed by atoms with Crippen molar-refractivity contribution in [1.29, 1.82) is 0 Å². The molecule has 0 atom stereocenters. The summed E-state index contributed by atoms with van der Waals surface area (Å²) < 4.78 is 0. The first-order valence-electron chi connectivity index (χ1n) is 10.6. The summed E-state index contributed by atoms with van der Waals surface area (Å²) >= 11 is 0. The van der Waals surface area contributed by atoms with Crippen molar-refractivity contribution in [3.63, 3.8) is 0 Å². The van der Waals surface area contributed by atoms with Crippen molar-refractivity contribution < 1.29 is 0 Å². The molecule has 6 rings (SSSR count). The van der Waals surface area contributed by atoms with E-state index in [-0.39, 0.29) is 0 Å². The normalized spacial score (nSPS) is 11.1. The van der Waals surface area contributed by atoms with Gasteiger partial charge in [-0.3, -0.25) is 4.98 Å². The number of aromatic nitrogens is 3. The maximum Gasteiger partial charge on any atom is 0.0979 e. The topological polar surface area (TPSA) is 38.7 Å². The Bertz CT molecular complexity index is 1550. The fourth-order valence-corrected chi connectivity index (χ4v) is 4.18. The summed E-state index contributed by atoms with van der Waals surface area (Å²) in [5, 5.41) is 2.37. The van der Waals surface area contributed by atoms with Gasteiger partial charge in [0, 0.05) is 23.5 Å². The van der Waals surface area contributed by atoms with Gasteiger partial charge in [-0.25, -0.2) is 9.97 Å². The molecule has 0 saturated heterocycles. The fraction of sp³-hybridized carbons (Fsp3) is 0. The first-order chi connectivity index (χ1) is 15.9. The highest BCUT2D eigenvalue weighted by atomic mass is 14.8. The third-order valence-electron chi connectivity index (χ3n) is 5.77. The van der Waals surface area contributed by atoms with E-state index in [1.807, 2.05) is 36.5 Å². The molecule has 0 amide bonds. The first kappa shape index (κ1) is 18.4. The molecule has 0 radical (unpaired) electrons. The van der Waals surface area contributed by atoms with Crippen LogP contribution in [-0.2, 0) is 0 Å². The van der Waals surface area contributed by atoms with Crippen LogP contribution in [0.15, 0.2) is 116 Å². The first-order valence-corrected chi connectivity index (χ1v) is 10.6. The Morgan fingerprint density at radius 3 is 1.94 bits per heavy atom. The number of pyridine rings is 1. The van der Waals surface area contributed by atoms with Crippen molar-refractivity contribution in [2.24, 2.45) is 0 Å². The van der Waals surface area contributed by atoms with Crippen molar-refractivity contribution in [3.05, 3.63) is 116 Å². The maximum absolute atomic E-state index is 5.08. The molecule has 2 aromatic heterocycles. The summed E-state index contributed by atoms with van der Waals surface area (Å²) in [6.07, 6.45) is 3.67. The summed E-state index contributed by atoms with van der Waals surface area (Å²) in [5.74, 6) is 0. The zero-order valence-corrected chi connectivity index (χ0v) is 17.3. The predicted octanol–water partition coefficient (Wildman–Crippen LogP) is 7.18. The van der Waals surface area contributed by atoms with Gasteiger partial charge >= 0.3 is 0 Å². The number of benzene rings is 4. The molecule has 6 aromatic rings. The zero-order valence-electron chi connectivity index (χ0n) is 17.3. The molecule has 4 aromatic carbocycles. The lowest BCUT2D eigenvalue weighted by atomic mass is 9.97. The van der Waals surface area contributed by atoms with Gasteiger partial charge in [-0.2, -0.15) is 0 Å². The van der Waals surface area contributed by atoms with Gasteiger partial charge in [0.1, 0.15) is 0 Å². The fourth-order valence-electron chi connectivity index (χ4n) is 4.18. The Labute approximate surface area is 186 Å². The average molecular weight is 409 g/mol. The molecular weight excluding hydrogens is 390 g/mol. The molecule has 0 spiro atoms. The Morgan fingerprint density at radius 1 is 0.469 bits per heavy atom. The lowest BCUT2D eigenvalue weighted by Crippen LogP contribution is -1.96. The smallest absolute Gasteiger partial charge is 0.0979 e. The largest absolute Gasteiger partial charge is 0.264 e. The molecule has 3 nitrogen and oxygen atoms in total. The Morgan fingerprint density at radius 2 is 1.16 bits per heavy atom. The van der Waals surface area contributed by atoms with Gasteiger partial charge in [0.15, 0.2) is 0 Å². The van der Waals surface area contributed by atoms with Crippen LogP contribution in [0.2, 0.25) is 0 Å². The van der Waals surface area contributed by atoms with Crippen molar-refractivity contribution in [2.45, 2.75) is 0 Å². The highest BCUT2D eigenvalue weighted by Crippen LogP contribution is 2.35. The molecule has 2 heterocycles. The molecule has 0 aliphatic rings. The summed E-state index contributed by atoms with van der Waals surface area (Å²) in [6, 6.07) is 35.3. The van der Waals surface area contributed by atoms with Gasteiger partial charge in [0.25, 0.3) is 0 Å². The molecular formula is C29H19N3. The Kier molecular flexibility index (Phi) is 4.43. The standard InChI is InChI=1S/C29H19N3/c1-2-10-24-21(7-1)8-5-11-25(24)29-28(31-26-12-3-4-13-27(26)32-29)22-16-14-20(15-17-22)23-9-6-18-30-19-23/h1-19H. The molecule has 150 valence electrons. The quantitative estimate of drug-likeness (QED) is 0.311. The van der Waals surface area contributed by atoms with Crippen LogP contribution in [0.5, 0.6) is 0 Å². The molecule has 32 heavy (non-hydrogen) atoms. The third-order valence-corrected chi connectivity index (χ3v) is 5.77. The average Bonchev–Trinajstić information content (AvgIpc) is 2.88. The molecule has 0 N–H and O–H groups in total. The second-order valence-electron chi connectivity index (χ2n) is 7.76. The lowest BCUT2D eigenvalue weighted by molar-refractivity contribution is 1.30. The van der Waals surface area contributed by atoms with E-state index in [0.29, 0.717) is 0 Å². The van der Waals surface area contributed by atoms with E-state index >= 15 is 0 Å². The number of fused-ring (bicyclic) bond motifs is 2. The minimum Gasteiger partial charge on any atom is -0.264 e. The van der Waals surface area contributed by atoms with Gasteiger partial charge in [0.2, 0.25) is 0 Å². The maximum atomic E-state index is 5.08. The van der Waals surface area contributed by atoms with E-state index in [4.69, 9.17) is 9.97 Å². The van der Waals surface area contributed by atoms with Crippen molar-refractivity contribution >= 4 is 21.8 Å². The van der Waals surface area contributed by atoms with Crippen LogP contribution in [-0.4, -0.2) is 15.0 Å². The van der Waals surface area contributed by atoms with Gasteiger partial charge in [-0.1, -0.05) is 84.9 Å². The highest BCUT2D eigenvalue weighted by Gasteiger charge is 2.15. The van der Waals surface area contributed by atoms with E-state index in [9.17, 15) is 0 Å². The number of rotatable bonds is 3. The number of hydrogen-bond donors (Lipinski definition) is 0. The summed E-state index contributed by atoms with van der Waals surface area (Å²) in [6.45, 7) is 0. The van der Waals surface area contributed by atoms with E-state index < -0.39 is 0 Å². The van der Waals surface area contributed by atoms with Gasteiger partial charge in [-0.15, -0.1) is 0 Å². The van der Waals surface area contributed by atoms with E-state index in [1.54, 1.807) is 6.20 Å². The van der Waals surface area contributed by atoms with E-state index in [2.05, 4.69) is 77.8 Å². The summed E-state index contributed by atoms with van der Waals surface area (Å²) in [4.78, 5) is 14.4. The number of para-hydroxylation sites is 2. The van der Waals surface area contributed by atoms with E-state index in [1.165, 1.54) is 10.8 Å². The van der Waals surface area contributed by atoms with E-state index in [0.717, 1.165) is 44.7 Å². The van der Waals surface area contributed by atoms with Gasteiger partial charge < -0.3 is 0 Å². The monoisotopic (exact) mass is 409 g/mol. The molecule has 0 fully saturated rings. The molecule has 0 saturated carbocycles. The number of hydrogen-bond acceptors (Lipinski definition) is 3. The molecule has 0 aliphatic carbocycles. The summed E-state index contributed by atoms with van der Waals surface area (Å²) in [7, 11) is 0. The van der Waals surface area contributed by atoms with Crippen LogP contribution in [0.25, 0.3) is 55.4 Å². The Balaban J connectivity index is 1.58. The van der Waals surface area contributed by atoms with Crippen molar-refractivity contribution in [1.82, 2.24) is 15.0 Å². The zero-order chi connectivity index (χ0) is 21.3. The SMILES string of the molecule is c1cncc(-c2ccc(-c3nc4ccccc4nc3-c3cccc4ccccc34)cc2)c1. The van der Waals surface area contributed by atoms with Crippen LogP contribution in [0.3, 0.4) is 0 Å². The molecule has 0 bridgehead atoms. The second kappa shape index (κ2) is 7.71. The Hall–Kier alpha value is -4.37. The van der Waals surface area contributed by atoms with Crippen LogP contribution in [0, 0.1) is 0 Å². The van der Waals surface area contributed by atoms with Crippen LogP contribution in [0.4, 0.5) is 0 Å². The minimum atomic E-state index is 0.887. The molecule has 0 unspecified atom stereocenters. The summed E-state index contributed by atoms with van der Waals surface area (Å²) in [5.41, 5.74) is 7.92. The number of nitrogens with zero attached hydrogens (tertiary/aromatic N) is 3. The molecule has 0 aliphatic heterocycles. The molecule has 3 heteroatoms. The van der Waals surface area contributed by atoms with Gasteiger partial charge in [-0.05, 0) is 40.1 Å². The van der Waals surface area contributed by atoms with Crippen LogP contribution in [0.1, 0.15) is 0 Å². The predicted molar refractivity (Wildman–Crippen MR) is 131 cm³/mol.